The average molecular weight is 518 g/mol. The number of aliphatic hydroxyl groups excluding tert-OH is 1. The molecule has 7 heteroatoms. The lowest BCUT2D eigenvalue weighted by Gasteiger charge is -2.45. The summed E-state index contributed by atoms with van der Waals surface area (Å²) in [6, 6.07) is 14.6. The van der Waals surface area contributed by atoms with Crippen molar-refractivity contribution < 1.29 is 19.4 Å². The Labute approximate surface area is 184 Å². The quantitative estimate of drug-likeness (QED) is 0.487. The fourth-order valence-corrected chi connectivity index (χ4v) is 3.42. The third-order valence-electron chi connectivity index (χ3n) is 4.70. The number of benzene rings is 2. The zero-order chi connectivity index (χ0) is 20.9. The van der Waals surface area contributed by atoms with Gasteiger partial charge in [0.1, 0.15) is 12.4 Å². The number of nitrogens with two attached hydrogens (primary N) is 1. The van der Waals surface area contributed by atoms with E-state index in [1.165, 1.54) is 0 Å². The molecule has 2 aromatic carbocycles. The molecule has 0 heterocycles. The van der Waals surface area contributed by atoms with Crippen molar-refractivity contribution in [3.8, 4) is 5.75 Å². The molecule has 2 rings (SSSR count). The fourth-order valence-electron chi connectivity index (χ4n) is 2.87. The zero-order valence-corrected chi connectivity index (χ0v) is 19.0. The molecule has 1 amide bonds. The van der Waals surface area contributed by atoms with Gasteiger partial charge in [-0.2, -0.15) is 0 Å². The van der Waals surface area contributed by atoms with Crippen molar-refractivity contribution in [2.24, 2.45) is 11.1 Å². The van der Waals surface area contributed by atoms with E-state index >= 15 is 0 Å². The lowest BCUT2D eigenvalue weighted by molar-refractivity contribution is -0.101. The highest BCUT2D eigenvalue weighted by Gasteiger charge is 2.47. The minimum Gasteiger partial charge on any atom is -0.483 e. The maximum absolute atomic E-state index is 11.3. The molecule has 0 aromatic heterocycles. The summed E-state index contributed by atoms with van der Waals surface area (Å²) < 4.78 is 12.6. The van der Waals surface area contributed by atoms with Gasteiger partial charge in [0.15, 0.2) is 5.60 Å². The Morgan fingerprint density at radius 3 is 2.39 bits per heavy atom. The molecule has 1 unspecified atom stereocenters. The van der Waals surface area contributed by atoms with Gasteiger partial charge in [0, 0.05) is 20.4 Å². The molecule has 0 bridgehead atoms. The number of hydrogen-bond acceptors (Lipinski definition) is 4. The first-order chi connectivity index (χ1) is 13.0. The molecule has 0 saturated heterocycles. The first-order valence-corrected chi connectivity index (χ1v) is 10.3. The molecule has 5 nitrogen and oxygen atoms in total. The highest BCUT2D eigenvalue weighted by Crippen LogP contribution is 2.42. The van der Waals surface area contributed by atoms with E-state index in [9.17, 15) is 9.90 Å². The molecule has 2 aromatic rings. The predicted octanol–water partition coefficient (Wildman–Crippen LogP) is 5.33. The summed E-state index contributed by atoms with van der Waals surface area (Å²) in [6.07, 6.45) is -1.59. The van der Waals surface area contributed by atoms with Crippen molar-refractivity contribution in [3.05, 3.63) is 62.7 Å². The second-order valence-electron chi connectivity index (χ2n) is 7.68. The van der Waals surface area contributed by atoms with E-state index in [0.717, 1.165) is 3.57 Å². The number of rotatable bonds is 7. The van der Waals surface area contributed by atoms with Crippen LogP contribution in [0.5, 0.6) is 5.75 Å². The van der Waals surface area contributed by atoms with Crippen molar-refractivity contribution in [1.29, 1.82) is 0 Å². The van der Waals surface area contributed by atoms with Gasteiger partial charge in [0.05, 0.1) is 6.10 Å². The van der Waals surface area contributed by atoms with Gasteiger partial charge < -0.3 is 20.3 Å². The first-order valence-electron chi connectivity index (χ1n) is 8.83. The largest absolute Gasteiger partial charge is 0.483 e. The van der Waals surface area contributed by atoms with E-state index in [2.05, 4.69) is 22.6 Å². The molecule has 0 aliphatic rings. The molecule has 2 atom stereocenters. The lowest BCUT2D eigenvalue weighted by Crippen LogP contribution is -2.53. The van der Waals surface area contributed by atoms with E-state index in [1.807, 2.05) is 45.0 Å². The van der Waals surface area contributed by atoms with Gasteiger partial charge in [0.2, 0.25) is 0 Å². The second-order valence-corrected chi connectivity index (χ2v) is 9.36. The minimum atomic E-state index is -1.03. The maximum Gasteiger partial charge on any atom is 0.404 e. The monoisotopic (exact) mass is 517 g/mol. The maximum atomic E-state index is 11.3. The molecule has 0 fully saturated rings. The van der Waals surface area contributed by atoms with Crippen molar-refractivity contribution >= 4 is 40.3 Å². The number of carbonyl (C=O) groups excluding carboxylic acids is 1. The molecule has 0 radical (unpaired) electrons. The van der Waals surface area contributed by atoms with Gasteiger partial charge in [-0.15, -0.1) is 0 Å². The van der Waals surface area contributed by atoms with Crippen LogP contribution >= 0.6 is 34.2 Å². The molecule has 28 heavy (non-hydrogen) atoms. The molecule has 0 aliphatic heterocycles. The predicted molar refractivity (Wildman–Crippen MR) is 119 cm³/mol. The van der Waals surface area contributed by atoms with Crippen LogP contribution < -0.4 is 10.5 Å². The lowest BCUT2D eigenvalue weighted by atomic mass is 9.72. The van der Waals surface area contributed by atoms with E-state index in [-0.39, 0.29) is 13.0 Å². The van der Waals surface area contributed by atoms with Crippen LogP contribution in [0.4, 0.5) is 4.79 Å². The summed E-state index contributed by atoms with van der Waals surface area (Å²) >= 11 is 8.28. The summed E-state index contributed by atoms with van der Waals surface area (Å²) in [5.41, 5.74) is 4.35. The van der Waals surface area contributed by atoms with E-state index in [0.29, 0.717) is 16.3 Å². The van der Waals surface area contributed by atoms with Crippen LogP contribution in [0.1, 0.15) is 38.9 Å². The number of amides is 1. The van der Waals surface area contributed by atoms with Crippen LogP contribution in [0.25, 0.3) is 0 Å². The smallest absolute Gasteiger partial charge is 0.404 e. The van der Waals surface area contributed by atoms with Gasteiger partial charge in [-0.05, 0) is 64.6 Å². The summed E-state index contributed by atoms with van der Waals surface area (Å²) in [4.78, 5) is 11.3. The van der Waals surface area contributed by atoms with Crippen LogP contribution in [0.3, 0.4) is 0 Å². The van der Waals surface area contributed by atoms with Gasteiger partial charge in [-0.3, -0.25) is 0 Å². The highest BCUT2D eigenvalue weighted by molar-refractivity contribution is 14.1. The van der Waals surface area contributed by atoms with Crippen LogP contribution in [0.15, 0.2) is 48.5 Å². The summed E-state index contributed by atoms with van der Waals surface area (Å²) in [5.74, 6) is 0.613. The number of aliphatic hydroxyl groups is 1. The van der Waals surface area contributed by atoms with Crippen molar-refractivity contribution in [1.82, 2.24) is 0 Å². The Kier molecular flexibility index (Phi) is 7.59. The number of hydrogen-bond donors (Lipinski definition) is 2. The summed E-state index contributed by atoms with van der Waals surface area (Å²) in [6.45, 7) is 5.80. The van der Waals surface area contributed by atoms with Gasteiger partial charge in [0.25, 0.3) is 0 Å². The molecule has 0 spiro atoms. The van der Waals surface area contributed by atoms with E-state index < -0.39 is 23.2 Å². The topological polar surface area (TPSA) is 81.8 Å². The van der Waals surface area contributed by atoms with Gasteiger partial charge in [-0.25, -0.2) is 4.79 Å². The molecule has 152 valence electrons. The Bertz CT molecular complexity index is 807. The van der Waals surface area contributed by atoms with Gasteiger partial charge >= 0.3 is 6.09 Å². The number of primary amides is 1. The Hall–Kier alpha value is -1.51. The van der Waals surface area contributed by atoms with Crippen molar-refractivity contribution in [2.45, 2.75) is 38.9 Å². The number of halogens is 2. The highest BCUT2D eigenvalue weighted by atomic mass is 127. The van der Waals surface area contributed by atoms with Crippen LogP contribution in [0.2, 0.25) is 5.02 Å². The average Bonchev–Trinajstić information content (AvgIpc) is 2.60. The normalized spacial score (nSPS) is 14.8. The first kappa shape index (κ1) is 22.8. The Balaban J connectivity index is 2.41. The molecular weight excluding hydrogens is 493 g/mol. The Morgan fingerprint density at radius 2 is 1.86 bits per heavy atom. The fraction of sp³-hybridized carbons (Fsp3) is 0.381. The Morgan fingerprint density at radius 1 is 1.21 bits per heavy atom. The zero-order valence-electron chi connectivity index (χ0n) is 16.1. The van der Waals surface area contributed by atoms with Crippen molar-refractivity contribution in [3.63, 3.8) is 0 Å². The summed E-state index contributed by atoms with van der Waals surface area (Å²) in [5, 5.41) is 11.5. The third kappa shape index (κ3) is 5.99. The summed E-state index contributed by atoms with van der Waals surface area (Å²) in [7, 11) is 0. The van der Waals surface area contributed by atoms with Gasteiger partial charge in [-0.1, -0.05) is 44.5 Å². The molecular formula is C21H25ClINO4. The van der Waals surface area contributed by atoms with Crippen LogP contribution in [-0.2, 0) is 4.74 Å². The van der Waals surface area contributed by atoms with Crippen LogP contribution in [-0.4, -0.2) is 23.4 Å². The van der Waals surface area contributed by atoms with E-state index in [1.54, 1.807) is 24.3 Å². The standard InChI is InChI=1S/C21H25ClINO4/c1-20(2,3)21(13-27-19(24)26,28-17-9-7-16(23)8-10-17)12-18(25)14-5-4-6-15(22)11-14/h4-11,18,25H,12-13H2,1-3H3,(H2,24,26)/t18-,21?/m1/s1. The number of carbonyl (C=O) groups is 1. The number of ether oxygens (including phenoxy) is 2. The second kappa shape index (κ2) is 9.33. The molecule has 0 saturated carbocycles. The third-order valence-corrected chi connectivity index (χ3v) is 5.65. The van der Waals surface area contributed by atoms with Crippen LogP contribution in [0, 0.1) is 8.99 Å². The molecule has 3 N–H and O–H groups in total. The SMILES string of the molecule is CC(C)(C)C(COC(N)=O)(C[C@@H](O)c1cccc(Cl)c1)Oc1ccc(I)cc1. The van der Waals surface area contributed by atoms with Crippen molar-refractivity contribution in [2.75, 3.05) is 6.61 Å². The van der Waals surface area contributed by atoms with E-state index in [4.69, 9.17) is 26.8 Å². The molecule has 0 aliphatic carbocycles. The minimum absolute atomic E-state index is 0.102.